The van der Waals surface area contributed by atoms with Crippen molar-refractivity contribution in [2.45, 2.75) is 125 Å². The van der Waals surface area contributed by atoms with Gasteiger partial charge in [0.1, 0.15) is 0 Å². The Labute approximate surface area is 188 Å². The number of hydrogen-bond acceptors (Lipinski definition) is 0. The molecular weight excluding hydrogens is 360 g/mol. The summed E-state index contributed by atoms with van der Waals surface area (Å²) in [6, 6.07) is 0. The van der Waals surface area contributed by atoms with Crippen LogP contribution in [-0.2, 0) is 0 Å². The first-order valence-corrected chi connectivity index (χ1v) is 14.0. The van der Waals surface area contributed by atoms with Crippen molar-refractivity contribution in [3.63, 3.8) is 0 Å². The molecule has 0 saturated heterocycles. The van der Waals surface area contributed by atoms with Crippen LogP contribution in [0.25, 0.3) is 0 Å². The highest BCUT2D eigenvalue weighted by atomic mass is 14.6. The highest BCUT2D eigenvalue weighted by Gasteiger charge is 2.60. The number of hydrogen-bond donors (Lipinski definition) is 0. The molecule has 4 fully saturated rings. The van der Waals surface area contributed by atoms with Crippen LogP contribution in [0.5, 0.6) is 0 Å². The third kappa shape index (κ3) is 3.46. The van der Waals surface area contributed by atoms with Gasteiger partial charge < -0.3 is 0 Å². The highest BCUT2D eigenvalue weighted by Crippen LogP contribution is 2.70. The first-order valence-electron chi connectivity index (χ1n) is 14.0. The molecule has 1 spiro atoms. The molecule has 0 heteroatoms. The molecule has 7 atom stereocenters. The summed E-state index contributed by atoms with van der Waals surface area (Å²) in [4.78, 5) is 0. The summed E-state index contributed by atoms with van der Waals surface area (Å²) in [6.07, 6.45) is 23.8. The van der Waals surface area contributed by atoms with Gasteiger partial charge in [-0.3, -0.25) is 0 Å². The Hall–Kier alpha value is -0.260. The lowest BCUT2D eigenvalue weighted by molar-refractivity contribution is -0.0474. The molecule has 0 aliphatic heterocycles. The predicted octanol–water partition coefficient (Wildman–Crippen LogP) is 9.20. The molecule has 0 aromatic carbocycles. The number of allylic oxidation sites excluding steroid dienone is 2. The second-order valence-electron chi connectivity index (χ2n) is 13.8. The first kappa shape index (κ1) is 21.6. The van der Waals surface area contributed by atoms with Crippen LogP contribution >= 0.6 is 0 Å². The molecule has 5 aliphatic rings. The zero-order valence-corrected chi connectivity index (χ0v) is 20.9. The van der Waals surface area contributed by atoms with Crippen LogP contribution in [0.2, 0.25) is 0 Å². The van der Waals surface area contributed by atoms with Gasteiger partial charge in [-0.1, -0.05) is 65.5 Å². The normalized spacial score (nSPS) is 45.3. The second kappa shape index (κ2) is 7.66. The van der Waals surface area contributed by atoms with E-state index >= 15 is 0 Å². The molecular formula is C30H50. The van der Waals surface area contributed by atoms with E-state index in [2.05, 4.69) is 40.7 Å². The van der Waals surface area contributed by atoms with E-state index in [0.29, 0.717) is 10.8 Å². The summed E-state index contributed by atoms with van der Waals surface area (Å²) < 4.78 is 0. The van der Waals surface area contributed by atoms with Crippen molar-refractivity contribution in [2.75, 3.05) is 0 Å². The Bertz CT molecular complexity index is 666. The fourth-order valence-electron chi connectivity index (χ4n) is 9.67. The van der Waals surface area contributed by atoms with Crippen LogP contribution in [0, 0.1) is 51.8 Å². The van der Waals surface area contributed by atoms with Gasteiger partial charge in [-0.05, 0) is 122 Å². The maximum absolute atomic E-state index is 2.77. The zero-order chi connectivity index (χ0) is 21.1. The third-order valence-electron chi connectivity index (χ3n) is 11.8. The summed E-state index contributed by atoms with van der Waals surface area (Å²) in [5.41, 5.74) is 3.90. The molecule has 0 radical (unpaired) electrons. The lowest BCUT2D eigenvalue weighted by atomic mass is 9.49. The Balaban J connectivity index is 1.32. The molecule has 170 valence electrons. The van der Waals surface area contributed by atoms with Gasteiger partial charge in [-0.15, -0.1) is 0 Å². The summed E-state index contributed by atoms with van der Waals surface area (Å²) in [6.45, 7) is 12.9. The topological polar surface area (TPSA) is 0 Å². The second-order valence-corrected chi connectivity index (χ2v) is 13.8. The van der Waals surface area contributed by atoms with Crippen LogP contribution in [0.4, 0.5) is 0 Å². The number of rotatable bonds is 5. The van der Waals surface area contributed by atoms with E-state index in [4.69, 9.17) is 0 Å². The third-order valence-corrected chi connectivity index (χ3v) is 11.8. The lowest BCUT2D eigenvalue weighted by Gasteiger charge is -2.56. The van der Waals surface area contributed by atoms with E-state index in [0.717, 1.165) is 40.9 Å². The van der Waals surface area contributed by atoms with E-state index in [9.17, 15) is 0 Å². The van der Waals surface area contributed by atoms with E-state index in [1.165, 1.54) is 77.0 Å². The Morgan fingerprint density at radius 3 is 2.37 bits per heavy atom. The molecule has 0 unspecified atom stereocenters. The van der Waals surface area contributed by atoms with E-state index in [1.54, 1.807) is 12.8 Å². The van der Waals surface area contributed by atoms with Crippen molar-refractivity contribution in [3.8, 4) is 0 Å². The zero-order valence-electron chi connectivity index (χ0n) is 20.9. The quantitative estimate of drug-likeness (QED) is 0.396. The van der Waals surface area contributed by atoms with Crippen LogP contribution < -0.4 is 0 Å². The molecule has 0 bridgehead atoms. The van der Waals surface area contributed by atoms with Gasteiger partial charge in [0, 0.05) is 0 Å². The van der Waals surface area contributed by atoms with E-state index < -0.39 is 0 Å². The van der Waals surface area contributed by atoms with Gasteiger partial charge in [-0.2, -0.15) is 0 Å². The van der Waals surface area contributed by atoms with Gasteiger partial charge in [0.25, 0.3) is 0 Å². The molecule has 0 nitrogen and oxygen atoms in total. The Morgan fingerprint density at radius 2 is 1.63 bits per heavy atom. The largest absolute Gasteiger partial charge is 0.0847 e. The maximum atomic E-state index is 2.77. The molecule has 5 rings (SSSR count). The van der Waals surface area contributed by atoms with Crippen molar-refractivity contribution in [1.82, 2.24) is 0 Å². The van der Waals surface area contributed by atoms with Crippen LogP contribution in [-0.4, -0.2) is 0 Å². The summed E-state index contributed by atoms with van der Waals surface area (Å²) in [5, 5.41) is 0. The van der Waals surface area contributed by atoms with E-state index in [1.807, 2.05) is 5.57 Å². The van der Waals surface area contributed by atoms with Gasteiger partial charge >= 0.3 is 0 Å². The molecule has 30 heavy (non-hydrogen) atoms. The van der Waals surface area contributed by atoms with Crippen molar-refractivity contribution in [2.24, 2.45) is 51.8 Å². The van der Waals surface area contributed by atoms with Gasteiger partial charge in [0.05, 0.1) is 0 Å². The first-order chi connectivity index (χ1) is 14.3. The molecule has 0 aromatic rings. The maximum Gasteiger partial charge on any atom is -0.00850 e. The summed E-state index contributed by atoms with van der Waals surface area (Å²) >= 11 is 0. The molecule has 0 aromatic heterocycles. The molecule has 5 aliphatic carbocycles. The Kier molecular flexibility index (Phi) is 5.51. The molecule has 0 amide bonds. The highest BCUT2D eigenvalue weighted by molar-refractivity contribution is 5.26. The Morgan fingerprint density at radius 1 is 0.867 bits per heavy atom. The van der Waals surface area contributed by atoms with Gasteiger partial charge in [0.2, 0.25) is 0 Å². The standard InChI is InChI=1S/C30H50/c1-21(2)8-6-9-22(3)25-12-13-26-24-11-7-10-23-20-30(18-19-30)17-16-28(23,4)27(24)14-15-29(25,26)5/h10,21-22,24-27H,6-9,11-20H2,1-5H3/t22-,24-,25-,26+,27+,28+,29-/m1/s1. The minimum Gasteiger partial charge on any atom is -0.0847 e. The lowest BCUT2D eigenvalue weighted by Crippen LogP contribution is -2.48. The average Bonchev–Trinajstić information content (AvgIpc) is 3.38. The monoisotopic (exact) mass is 410 g/mol. The number of fused-ring (bicyclic) bond motifs is 5. The molecule has 0 N–H and O–H groups in total. The summed E-state index contributed by atoms with van der Waals surface area (Å²) in [7, 11) is 0. The van der Waals surface area contributed by atoms with Crippen molar-refractivity contribution in [3.05, 3.63) is 11.6 Å². The molecule has 4 saturated carbocycles. The molecule has 0 heterocycles. The van der Waals surface area contributed by atoms with Crippen molar-refractivity contribution >= 4 is 0 Å². The minimum absolute atomic E-state index is 0.553. The van der Waals surface area contributed by atoms with Crippen LogP contribution in [0.1, 0.15) is 125 Å². The minimum atomic E-state index is 0.553. The summed E-state index contributed by atoms with van der Waals surface area (Å²) in [5.74, 6) is 5.85. The average molecular weight is 411 g/mol. The smallest absolute Gasteiger partial charge is 0.00850 e. The van der Waals surface area contributed by atoms with Crippen molar-refractivity contribution in [1.29, 1.82) is 0 Å². The van der Waals surface area contributed by atoms with Gasteiger partial charge in [-0.25, -0.2) is 0 Å². The fraction of sp³-hybridized carbons (Fsp3) is 0.933. The van der Waals surface area contributed by atoms with Gasteiger partial charge in [0.15, 0.2) is 0 Å². The van der Waals surface area contributed by atoms with Crippen LogP contribution in [0.3, 0.4) is 0 Å². The predicted molar refractivity (Wildman–Crippen MR) is 129 cm³/mol. The SMILES string of the molecule is CC(C)CCC[C@@H](C)[C@H]1CC[C@H]2[C@H]3CCC=C4CC5(CC5)CC[C@]4(C)[C@H]3CC[C@]12C. The fourth-order valence-corrected chi connectivity index (χ4v) is 9.67. The van der Waals surface area contributed by atoms with E-state index in [-0.39, 0.29) is 0 Å². The van der Waals surface area contributed by atoms with Crippen molar-refractivity contribution < 1.29 is 0 Å². The van der Waals surface area contributed by atoms with Crippen LogP contribution in [0.15, 0.2) is 11.6 Å².